The van der Waals surface area contributed by atoms with E-state index in [1.807, 2.05) is 25.3 Å². The topological polar surface area (TPSA) is 59.2 Å². The van der Waals surface area contributed by atoms with Crippen molar-refractivity contribution in [2.45, 2.75) is 26.4 Å². The Morgan fingerprint density at radius 2 is 2.21 bits per heavy atom. The van der Waals surface area contributed by atoms with Crippen LogP contribution in [0.1, 0.15) is 29.8 Å². The number of rotatable bonds is 4. The van der Waals surface area contributed by atoms with E-state index < -0.39 is 0 Å². The molecule has 0 amide bonds. The normalized spacial score (nSPS) is 14.6. The van der Waals surface area contributed by atoms with Crippen LogP contribution in [0.3, 0.4) is 0 Å². The van der Waals surface area contributed by atoms with Gasteiger partial charge in [-0.05, 0) is 31.5 Å². The average molecular weight is 259 g/mol. The van der Waals surface area contributed by atoms with Gasteiger partial charge in [-0.15, -0.1) is 0 Å². The maximum atomic E-state index is 5.39. The molecule has 1 aliphatic heterocycles. The number of ether oxygens (including phenoxy) is 2. The van der Waals surface area contributed by atoms with Crippen LogP contribution in [0.25, 0.3) is 0 Å². The summed E-state index contributed by atoms with van der Waals surface area (Å²) in [4.78, 5) is 0. The highest BCUT2D eigenvalue weighted by molar-refractivity contribution is 5.45. The van der Waals surface area contributed by atoms with Crippen molar-refractivity contribution in [3.05, 3.63) is 41.2 Å². The van der Waals surface area contributed by atoms with E-state index >= 15 is 0 Å². The first-order chi connectivity index (χ1) is 9.24. The highest BCUT2D eigenvalue weighted by Crippen LogP contribution is 2.34. The number of hydrogen-bond acceptors (Lipinski definition) is 4. The van der Waals surface area contributed by atoms with Crippen LogP contribution < -0.4 is 14.8 Å². The molecule has 0 saturated carbocycles. The van der Waals surface area contributed by atoms with Crippen LogP contribution in [0.5, 0.6) is 11.5 Å². The molecule has 0 saturated heterocycles. The summed E-state index contributed by atoms with van der Waals surface area (Å²) in [6.07, 6.45) is 1.86. The second-order valence-electron chi connectivity index (χ2n) is 4.74. The average Bonchev–Trinajstić information content (AvgIpc) is 3.03. The van der Waals surface area contributed by atoms with Crippen LogP contribution in [0.15, 0.2) is 24.4 Å². The molecular formula is C14H17N3O2. The summed E-state index contributed by atoms with van der Waals surface area (Å²) in [5, 5.41) is 10.4. The Morgan fingerprint density at radius 1 is 1.37 bits per heavy atom. The van der Waals surface area contributed by atoms with Crippen LogP contribution in [-0.2, 0) is 6.54 Å². The molecule has 2 N–H and O–H groups in total. The lowest BCUT2D eigenvalue weighted by atomic mass is 10.1. The first kappa shape index (κ1) is 12.0. The van der Waals surface area contributed by atoms with E-state index in [4.69, 9.17) is 9.47 Å². The number of aryl methyl sites for hydroxylation is 1. The second kappa shape index (κ2) is 4.93. The number of nitrogens with one attached hydrogen (secondary N) is 2. The molecule has 0 aliphatic carbocycles. The van der Waals surface area contributed by atoms with Gasteiger partial charge in [0.1, 0.15) is 0 Å². The molecule has 0 unspecified atom stereocenters. The summed E-state index contributed by atoms with van der Waals surface area (Å²) in [6, 6.07) is 6.29. The van der Waals surface area contributed by atoms with Crippen LogP contribution in [0.4, 0.5) is 0 Å². The largest absolute Gasteiger partial charge is 0.454 e. The molecule has 1 aromatic heterocycles. The van der Waals surface area contributed by atoms with Crippen molar-refractivity contribution >= 4 is 0 Å². The van der Waals surface area contributed by atoms with E-state index in [0.29, 0.717) is 6.79 Å². The molecule has 3 rings (SSSR count). The van der Waals surface area contributed by atoms with Gasteiger partial charge in [0.15, 0.2) is 11.5 Å². The Morgan fingerprint density at radius 3 is 3.00 bits per heavy atom. The van der Waals surface area contributed by atoms with Crippen molar-refractivity contribution in [2.24, 2.45) is 0 Å². The predicted octanol–water partition coefficient (Wildman–Crippen LogP) is 2.30. The molecule has 2 aromatic rings. The monoisotopic (exact) mass is 259 g/mol. The van der Waals surface area contributed by atoms with Gasteiger partial charge in [-0.1, -0.05) is 6.07 Å². The minimum absolute atomic E-state index is 0.240. The Labute approximate surface area is 111 Å². The Hall–Kier alpha value is -2.01. The van der Waals surface area contributed by atoms with Gasteiger partial charge in [-0.25, -0.2) is 0 Å². The molecular weight excluding hydrogens is 242 g/mol. The maximum Gasteiger partial charge on any atom is 0.231 e. The fraction of sp³-hybridized carbons (Fsp3) is 0.357. The molecule has 0 fully saturated rings. The van der Waals surface area contributed by atoms with Crippen molar-refractivity contribution < 1.29 is 9.47 Å². The molecule has 1 aromatic carbocycles. The third-order valence-electron chi connectivity index (χ3n) is 3.43. The molecule has 1 aliphatic rings. The third-order valence-corrected chi connectivity index (χ3v) is 3.43. The van der Waals surface area contributed by atoms with Gasteiger partial charge in [0.2, 0.25) is 6.79 Å². The zero-order chi connectivity index (χ0) is 13.2. The lowest BCUT2D eigenvalue weighted by Crippen LogP contribution is -2.18. The number of fused-ring (bicyclic) bond motifs is 1. The third kappa shape index (κ3) is 2.42. The Balaban J connectivity index is 1.67. The Bertz CT molecular complexity index is 580. The molecule has 100 valence electrons. The fourth-order valence-corrected chi connectivity index (χ4v) is 2.12. The minimum Gasteiger partial charge on any atom is -0.454 e. The predicted molar refractivity (Wildman–Crippen MR) is 71.1 cm³/mol. The molecule has 19 heavy (non-hydrogen) atoms. The van der Waals surface area contributed by atoms with E-state index in [-0.39, 0.29) is 6.04 Å². The fourth-order valence-electron chi connectivity index (χ4n) is 2.12. The summed E-state index contributed by atoms with van der Waals surface area (Å²) in [5.41, 5.74) is 3.48. The lowest BCUT2D eigenvalue weighted by molar-refractivity contribution is 0.174. The van der Waals surface area contributed by atoms with E-state index in [9.17, 15) is 0 Å². The highest BCUT2D eigenvalue weighted by Gasteiger charge is 2.15. The number of H-pyrrole nitrogens is 1. The summed E-state index contributed by atoms with van der Waals surface area (Å²) in [6.45, 7) is 5.26. The van der Waals surface area contributed by atoms with Crippen LogP contribution in [0, 0.1) is 6.92 Å². The Kier molecular flexibility index (Phi) is 3.13. The SMILES string of the molecule is Cc1[nH]ncc1CN[C@@H](C)c1ccc2c(c1)OCO2. The number of aromatic nitrogens is 2. The molecule has 2 heterocycles. The van der Waals surface area contributed by atoms with E-state index in [1.165, 1.54) is 11.1 Å². The highest BCUT2D eigenvalue weighted by atomic mass is 16.7. The number of hydrogen-bond donors (Lipinski definition) is 2. The van der Waals surface area contributed by atoms with Gasteiger partial charge in [0.25, 0.3) is 0 Å². The van der Waals surface area contributed by atoms with Crippen molar-refractivity contribution in [3.63, 3.8) is 0 Å². The van der Waals surface area contributed by atoms with Crippen molar-refractivity contribution in [1.29, 1.82) is 0 Å². The van der Waals surface area contributed by atoms with Crippen molar-refractivity contribution in [1.82, 2.24) is 15.5 Å². The van der Waals surface area contributed by atoms with E-state index in [2.05, 4.69) is 28.5 Å². The lowest BCUT2D eigenvalue weighted by Gasteiger charge is -2.14. The van der Waals surface area contributed by atoms with E-state index in [1.54, 1.807) is 0 Å². The van der Waals surface area contributed by atoms with Crippen LogP contribution in [0.2, 0.25) is 0 Å². The van der Waals surface area contributed by atoms with Crippen LogP contribution >= 0.6 is 0 Å². The molecule has 0 bridgehead atoms. The van der Waals surface area contributed by atoms with E-state index in [0.717, 1.165) is 23.7 Å². The van der Waals surface area contributed by atoms with Crippen molar-refractivity contribution in [2.75, 3.05) is 6.79 Å². The quantitative estimate of drug-likeness (QED) is 0.884. The number of benzene rings is 1. The maximum absolute atomic E-state index is 5.39. The van der Waals surface area contributed by atoms with Gasteiger partial charge in [-0.2, -0.15) is 5.10 Å². The second-order valence-corrected chi connectivity index (χ2v) is 4.74. The van der Waals surface area contributed by atoms with Gasteiger partial charge < -0.3 is 14.8 Å². The molecule has 5 nitrogen and oxygen atoms in total. The summed E-state index contributed by atoms with van der Waals surface area (Å²) in [5.74, 6) is 1.65. The summed E-state index contributed by atoms with van der Waals surface area (Å²) in [7, 11) is 0. The summed E-state index contributed by atoms with van der Waals surface area (Å²) < 4.78 is 10.7. The number of aromatic amines is 1. The first-order valence-corrected chi connectivity index (χ1v) is 6.36. The van der Waals surface area contributed by atoms with Gasteiger partial charge in [0.05, 0.1) is 6.20 Å². The number of nitrogens with zero attached hydrogens (tertiary/aromatic N) is 1. The molecule has 0 spiro atoms. The molecule has 0 radical (unpaired) electrons. The first-order valence-electron chi connectivity index (χ1n) is 6.36. The summed E-state index contributed by atoms with van der Waals surface area (Å²) >= 11 is 0. The van der Waals surface area contributed by atoms with Gasteiger partial charge >= 0.3 is 0 Å². The van der Waals surface area contributed by atoms with Crippen molar-refractivity contribution in [3.8, 4) is 11.5 Å². The molecule has 1 atom stereocenters. The molecule has 5 heteroatoms. The smallest absolute Gasteiger partial charge is 0.231 e. The zero-order valence-corrected chi connectivity index (χ0v) is 11.1. The van der Waals surface area contributed by atoms with Gasteiger partial charge in [-0.3, -0.25) is 5.10 Å². The van der Waals surface area contributed by atoms with Crippen LogP contribution in [-0.4, -0.2) is 17.0 Å². The zero-order valence-electron chi connectivity index (χ0n) is 11.1. The standard InChI is InChI=1S/C14H17N3O2/c1-9(15-6-12-7-16-17-10(12)2)11-3-4-13-14(5-11)19-8-18-13/h3-5,7,9,15H,6,8H2,1-2H3,(H,16,17)/t9-/m0/s1. The van der Waals surface area contributed by atoms with Gasteiger partial charge in [0, 0.05) is 23.8 Å². The minimum atomic E-state index is 0.240.